The van der Waals surface area contributed by atoms with E-state index in [4.69, 9.17) is 14.6 Å². The molecular formula is C18H25NO5. The first-order valence-electron chi connectivity index (χ1n) is 8.32. The largest absolute Gasteiger partial charge is 0.480 e. The number of rotatable bonds is 6. The maximum absolute atomic E-state index is 12.7. The molecule has 1 N–H and O–H groups in total. The second kappa shape index (κ2) is 8.15. The van der Waals surface area contributed by atoms with Crippen molar-refractivity contribution >= 4 is 11.9 Å². The van der Waals surface area contributed by atoms with Gasteiger partial charge < -0.3 is 19.5 Å². The molecule has 2 atom stereocenters. The van der Waals surface area contributed by atoms with Crippen LogP contribution in [0.15, 0.2) is 24.3 Å². The first-order valence-corrected chi connectivity index (χ1v) is 8.32. The van der Waals surface area contributed by atoms with E-state index >= 15 is 0 Å². The van der Waals surface area contributed by atoms with Crippen molar-refractivity contribution in [2.24, 2.45) is 0 Å². The van der Waals surface area contributed by atoms with Gasteiger partial charge in [-0.2, -0.15) is 0 Å². The Labute approximate surface area is 142 Å². The van der Waals surface area contributed by atoms with Gasteiger partial charge in [-0.05, 0) is 24.0 Å². The molecule has 0 radical (unpaired) electrons. The van der Waals surface area contributed by atoms with Crippen molar-refractivity contribution in [1.82, 2.24) is 4.90 Å². The molecule has 1 amide bonds. The average molecular weight is 335 g/mol. The molecule has 1 heterocycles. The Bertz CT molecular complexity index is 587. The fourth-order valence-electron chi connectivity index (χ4n) is 2.73. The van der Waals surface area contributed by atoms with E-state index in [1.54, 1.807) is 0 Å². The van der Waals surface area contributed by atoms with Crippen LogP contribution >= 0.6 is 0 Å². The van der Waals surface area contributed by atoms with Gasteiger partial charge in [0.2, 0.25) is 0 Å². The molecule has 1 aromatic rings. The standard InChI is InChI=1S/C18H25NO5/c1-4-14(24-15-8-6-5-7-13(15)12(2)3)17(20)19-9-10-23-16(11-19)18(21)22/h5-8,12,14,16H,4,9-11H2,1-3H3,(H,21,22)/t14-,16+/m0/s1. The summed E-state index contributed by atoms with van der Waals surface area (Å²) in [5, 5.41) is 9.07. The van der Waals surface area contributed by atoms with Gasteiger partial charge in [-0.1, -0.05) is 39.0 Å². The van der Waals surface area contributed by atoms with E-state index in [-0.39, 0.29) is 25.0 Å². The fraction of sp³-hybridized carbons (Fsp3) is 0.556. The molecular weight excluding hydrogens is 310 g/mol. The van der Waals surface area contributed by atoms with Crippen molar-refractivity contribution in [3.63, 3.8) is 0 Å². The molecule has 1 aromatic carbocycles. The summed E-state index contributed by atoms with van der Waals surface area (Å²) in [5.74, 6) is -0.249. The molecule has 0 aliphatic carbocycles. The molecule has 6 heteroatoms. The zero-order chi connectivity index (χ0) is 17.7. The summed E-state index contributed by atoms with van der Waals surface area (Å²) in [4.78, 5) is 25.3. The molecule has 0 saturated carbocycles. The quantitative estimate of drug-likeness (QED) is 0.863. The molecule has 24 heavy (non-hydrogen) atoms. The van der Waals surface area contributed by atoms with Gasteiger partial charge in [0.25, 0.3) is 5.91 Å². The Balaban J connectivity index is 2.11. The number of hydrogen-bond donors (Lipinski definition) is 1. The zero-order valence-corrected chi connectivity index (χ0v) is 14.4. The van der Waals surface area contributed by atoms with Crippen LogP contribution in [0.5, 0.6) is 5.75 Å². The molecule has 1 saturated heterocycles. The maximum Gasteiger partial charge on any atom is 0.334 e. The van der Waals surface area contributed by atoms with E-state index in [9.17, 15) is 9.59 Å². The summed E-state index contributed by atoms with van der Waals surface area (Å²) in [6.07, 6.45) is -1.08. The Morgan fingerprint density at radius 3 is 2.71 bits per heavy atom. The summed E-state index contributed by atoms with van der Waals surface area (Å²) in [5.41, 5.74) is 1.05. The topological polar surface area (TPSA) is 76.1 Å². The van der Waals surface area contributed by atoms with Gasteiger partial charge >= 0.3 is 5.97 Å². The Morgan fingerprint density at radius 1 is 1.38 bits per heavy atom. The molecule has 132 valence electrons. The predicted molar refractivity (Wildman–Crippen MR) is 89.2 cm³/mol. The smallest absolute Gasteiger partial charge is 0.334 e. The molecule has 0 unspecified atom stereocenters. The first-order chi connectivity index (χ1) is 11.4. The second-order valence-electron chi connectivity index (χ2n) is 6.19. The summed E-state index contributed by atoms with van der Waals surface area (Å²) in [7, 11) is 0. The molecule has 0 bridgehead atoms. The second-order valence-corrected chi connectivity index (χ2v) is 6.19. The lowest BCUT2D eigenvalue weighted by molar-refractivity contribution is -0.161. The lowest BCUT2D eigenvalue weighted by Crippen LogP contribution is -2.52. The number of aliphatic carboxylic acids is 1. The molecule has 2 rings (SSSR count). The zero-order valence-electron chi connectivity index (χ0n) is 14.4. The number of hydrogen-bond acceptors (Lipinski definition) is 4. The average Bonchev–Trinajstić information content (AvgIpc) is 2.59. The van der Waals surface area contributed by atoms with Gasteiger partial charge in [0, 0.05) is 6.54 Å². The van der Waals surface area contributed by atoms with E-state index < -0.39 is 18.2 Å². The van der Waals surface area contributed by atoms with Crippen LogP contribution in [-0.4, -0.2) is 53.8 Å². The van der Waals surface area contributed by atoms with Crippen LogP contribution < -0.4 is 4.74 Å². The van der Waals surface area contributed by atoms with Crippen molar-refractivity contribution in [1.29, 1.82) is 0 Å². The van der Waals surface area contributed by atoms with Gasteiger partial charge in [0.15, 0.2) is 12.2 Å². The molecule has 1 aliphatic heterocycles. The lowest BCUT2D eigenvalue weighted by Gasteiger charge is -2.33. The van der Waals surface area contributed by atoms with Crippen LogP contribution in [0.2, 0.25) is 0 Å². The number of morpholine rings is 1. The number of carbonyl (C=O) groups is 2. The van der Waals surface area contributed by atoms with Crippen LogP contribution in [-0.2, 0) is 14.3 Å². The van der Waals surface area contributed by atoms with Crippen molar-refractivity contribution < 1.29 is 24.2 Å². The molecule has 1 fully saturated rings. The van der Waals surface area contributed by atoms with Gasteiger partial charge in [-0.25, -0.2) is 4.79 Å². The van der Waals surface area contributed by atoms with Gasteiger partial charge in [0.05, 0.1) is 13.2 Å². The lowest BCUT2D eigenvalue weighted by atomic mass is 10.0. The van der Waals surface area contributed by atoms with Crippen molar-refractivity contribution in [3.8, 4) is 5.75 Å². The Kier molecular flexibility index (Phi) is 6.20. The number of para-hydroxylation sites is 1. The highest BCUT2D eigenvalue weighted by atomic mass is 16.5. The van der Waals surface area contributed by atoms with Gasteiger partial charge in [-0.15, -0.1) is 0 Å². The Morgan fingerprint density at radius 2 is 2.08 bits per heavy atom. The third-order valence-electron chi connectivity index (χ3n) is 4.11. The maximum atomic E-state index is 12.7. The van der Waals surface area contributed by atoms with E-state index in [0.29, 0.717) is 18.7 Å². The summed E-state index contributed by atoms with van der Waals surface area (Å²) >= 11 is 0. The van der Waals surface area contributed by atoms with Crippen LogP contribution in [0.3, 0.4) is 0 Å². The monoisotopic (exact) mass is 335 g/mol. The van der Waals surface area contributed by atoms with Crippen LogP contribution in [0, 0.1) is 0 Å². The van der Waals surface area contributed by atoms with Crippen LogP contribution in [0.1, 0.15) is 38.7 Å². The number of carbonyl (C=O) groups excluding carboxylic acids is 1. The minimum absolute atomic E-state index is 0.0554. The first kappa shape index (κ1) is 18.3. The number of ether oxygens (including phenoxy) is 2. The molecule has 0 aromatic heterocycles. The summed E-state index contributed by atoms with van der Waals surface area (Å²) in [6.45, 7) is 6.69. The highest BCUT2D eigenvalue weighted by molar-refractivity contribution is 5.82. The predicted octanol–water partition coefficient (Wildman–Crippen LogP) is 2.28. The SMILES string of the molecule is CC[C@H](Oc1ccccc1C(C)C)C(=O)N1CCO[C@@H](C(=O)O)C1. The van der Waals surface area contributed by atoms with E-state index in [2.05, 4.69) is 13.8 Å². The number of carboxylic acid groups (broad SMARTS) is 1. The van der Waals surface area contributed by atoms with E-state index in [0.717, 1.165) is 5.56 Å². The number of benzene rings is 1. The van der Waals surface area contributed by atoms with Crippen molar-refractivity contribution in [3.05, 3.63) is 29.8 Å². The number of amides is 1. The van der Waals surface area contributed by atoms with Gasteiger partial charge in [-0.3, -0.25) is 4.79 Å². The third kappa shape index (κ3) is 4.26. The summed E-state index contributed by atoms with van der Waals surface area (Å²) < 4.78 is 11.2. The number of nitrogens with zero attached hydrogens (tertiary/aromatic N) is 1. The minimum atomic E-state index is -1.05. The molecule has 1 aliphatic rings. The van der Waals surface area contributed by atoms with E-state index in [1.165, 1.54) is 4.90 Å². The number of carboxylic acids is 1. The third-order valence-corrected chi connectivity index (χ3v) is 4.11. The highest BCUT2D eigenvalue weighted by Gasteiger charge is 2.33. The summed E-state index contributed by atoms with van der Waals surface area (Å²) in [6, 6.07) is 7.69. The van der Waals surface area contributed by atoms with Crippen LogP contribution in [0.25, 0.3) is 0 Å². The highest BCUT2D eigenvalue weighted by Crippen LogP contribution is 2.27. The van der Waals surface area contributed by atoms with E-state index in [1.807, 2.05) is 31.2 Å². The van der Waals surface area contributed by atoms with Crippen LogP contribution in [0.4, 0.5) is 0 Å². The fourth-order valence-corrected chi connectivity index (χ4v) is 2.73. The molecule has 6 nitrogen and oxygen atoms in total. The van der Waals surface area contributed by atoms with Crippen molar-refractivity contribution in [2.75, 3.05) is 19.7 Å². The Hall–Kier alpha value is -2.08. The molecule has 0 spiro atoms. The van der Waals surface area contributed by atoms with Crippen molar-refractivity contribution in [2.45, 2.75) is 45.3 Å². The normalized spacial score (nSPS) is 19.2. The van der Waals surface area contributed by atoms with Gasteiger partial charge in [0.1, 0.15) is 5.75 Å². The minimum Gasteiger partial charge on any atom is -0.480 e.